The van der Waals surface area contributed by atoms with E-state index in [1.54, 1.807) is 0 Å². The van der Waals surface area contributed by atoms with Gasteiger partial charge in [-0.3, -0.25) is 0 Å². The molecule has 0 aromatic carbocycles. The maximum atomic E-state index is 5.85. The molecular formula is C12H19N3O2. The zero-order valence-corrected chi connectivity index (χ0v) is 10.2. The van der Waals surface area contributed by atoms with Crippen LogP contribution >= 0.6 is 0 Å². The summed E-state index contributed by atoms with van der Waals surface area (Å²) < 4.78 is 11.0. The van der Waals surface area contributed by atoms with Gasteiger partial charge in [0.2, 0.25) is 5.89 Å². The fraction of sp³-hybridized carbons (Fsp3) is 0.833. The summed E-state index contributed by atoms with van der Waals surface area (Å²) in [5, 5.41) is 7.30. The smallest absolute Gasteiger partial charge is 0.229 e. The molecule has 1 aromatic rings. The second-order valence-corrected chi connectivity index (χ2v) is 5.14. The van der Waals surface area contributed by atoms with Crippen LogP contribution in [-0.2, 0) is 11.3 Å². The summed E-state index contributed by atoms with van der Waals surface area (Å²) in [6.07, 6.45) is 3.81. The van der Waals surface area contributed by atoms with E-state index in [1.165, 1.54) is 19.3 Å². The van der Waals surface area contributed by atoms with Crippen LogP contribution in [0.5, 0.6) is 0 Å². The average molecular weight is 237 g/mol. The monoisotopic (exact) mass is 237 g/mol. The van der Waals surface area contributed by atoms with Crippen LogP contribution < -0.4 is 5.32 Å². The van der Waals surface area contributed by atoms with Crippen molar-refractivity contribution in [1.29, 1.82) is 0 Å². The first-order valence-corrected chi connectivity index (χ1v) is 6.47. The van der Waals surface area contributed by atoms with Crippen molar-refractivity contribution in [1.82, 2.24) is 15.5 Å². The number of piperidine rings is 1. The second-order valence-electron chi connectivity index (χ2n) is 5.14. The first kappa shape index (κ1) is 11.2. The third kappa shape index (κ3) is 2.66. The molecule has 1 aliphatic heterocycles. The van der Waals surface area contributed by atoms with Gasteiger partial charge in [-0.2, -0.15) is 4.98 Å². The third-order valence-corrected chi connectivity index (χ3v) is 3.59. The first-order valence-electron chi connectivity index (χ1n) is 6.47. The number of hydrogen-bond donors (Lipinski definition) is 1. The SMILES string of the molecule is CC1CCNCC1OCc1noc(C2CC2)n1. The number of rotatable bonds is 4. The maximum absolute atomic E-state index is 5.85. The summed E-state index contributed by atoms with van der Waals surface area (Å²) in [5.74, 6) is 2.60. The lowest BCUT2D eigenvalue weighted by molar-refractivity contribution is -0.0101. The van der Waals surface area contributed by atoms with Gasteiger partial charge in [0, 0.05) is 12.5 Å². The van der Waals surface area contributed by atoms with Gasteiger partial charge in [-0.15, -0.1) is 0 Å². The van der Waals surface area contributed by atoms with Crippen molar-refractivity contribution < 1.29 is 9.26 Å². The molecule has 2 aliphatic rings. The number of nitrogens with zero attached hydrogens (tertiary/aromatic N) is 2. The van der Waals surface area contributed by atoms with Crippen molar-refractivity contribution in [3.05, 3.63) is 11.7 Å². The van der Waals surface area contributed by atoms with Crippen molar-refractivity contribution in [2.45, 2.75) is 44.8 Å². The molecule has 2 unspecified atom stereocenters. The van der Waals surface area contributed by atoms with Crippen LogP contribution in [0.1, 0.15) is 43.8 Å². The zero-order chi connectivity index (χ0) is 11.7. The van der Waals surface area contributed by atoms with Gasteiger partial charge in [0.1, 0.15) is 6.61 Å². The Labute approximate surface area is 101 Å². The van der Waals surface area contributed by atoms with Crippen molar-refractivity contribution in [3.8, 4) is 0 Å². The lowest BCUT2D eigenvalue weighted by Gasteiger charge is -2.28. The molecule has 1 aliphatic carbocycles. The molecule has 2 heterocycles. The van der Waals surface area contributed by atoms with Gasteiger partial charge in [-0.25, -0.2) is 0 Å². The van der Waals surface area contributed by atoms with Gasteiger partial charge in [0.05, 0.1) is 6.10 Å². The van der Waals surface area contributed by atoms with Gasteiger partial charge in [0.25, 0.3) is 0 Å². The molecule has 1 saturated carbocycles. The van der Waals surface area contributed by atoms with Crippen LogP contribution in [0.4, 0.5) is 0 Å². The standard InChI is InChI=1S/C12H19N3O2/c1-8-4-5-13-6-10(8)16-7-11-14-12(17-15-11)9-2-3-9/h8-10,13H,2-7H2,1H3. The zero-order valence-electron chi connectivity index (χ0n) is 10.2. The van der Waals surface area contributed by atoms with Gasteiger partial charge < -0.3 is 14.6 Å². The summed E-state index contributed by atoms with van der Waals surface area (Å²) in [7, 11) is 0. The minimum atomic E-state index is 0.270. The summed E-state index contributed by atoms with van der Waals surface area (Å²) in [5.41, 5.74) is 0. The van der Waals surface area contributed by atoms with Crippen LogP contribution in [0.15, 0.2) is 4.52 Å². The fourth-order valence-corrected chi connectivity index (χ4v) is 2.19. The molecule has 5 nitrogen and oxygen atoms in total. The molecule has 1 saturated heterocycles. The first-order chi connectivity index (χ1) is 8.33. The Morgan fingerprint density at radius 1 is 1.41 bits per heavy atom. The van der Waals surface area contributed by atoms with E-state index in [0.29, 0.717) is 24.3 Å². The van der Waals surface area contributed by atoms with Crippen molar-refractivity contribution in [3.63, 3.8) is 0 Å². The number of hydrogen-bond acceptors (Lipinski definition) is 5. The van der Waals surface area contributed by atoms with Crippen molar-refractivity contribution in [2.75, 3.05) is 13.1 Å². The van der Waals surface area contributed by atoms with Crippen LogP contribution in [-0.4, -0.2) is 29.3 Å². The predicted octanol–water partition coefficient (Wildman–Crippen LogP) is 1.46. The molecule has 2 atom stereocenters. The van der Waals surface area contributed by atoms with Gasteiger partial charge in [0.15, 0.2) is 5.82 Å². The molecule has 0 bridgehead atoms. The number of ether oxygens (including phenoxy) is 1. The van der Waals surface area contributed by atoms with E-state index in [4.69, 9.17) is 9.26 Å². The van der Waals surface area contributed by atoms with E-state index in [2.05, 4.69) is 22.4 Å². The Hall–Kier alpha value is -0.940. The topological polar surface area (TPSA) is 60.2 Å². The molecule has 0 radical (unpaired) electrons. The third-order valence-electron chi connectivity index (χ3n) is 3.59. The normalized spacial score (nSPS) is 29.5. The van der Waals surface area contributed by atoms with E-state index >= 15 is 0 Å². The minimum absolute atomic E-state index is 0.270. The molecule has 5 heteroatoms. The van der Waals surface area contributed by atoms with Gasteiger partial charge >= 0.3 is 0 Å². The Balaban J connectivity index is 1.51. The molecule has 0 spiro atoms. The molecule has 94 valence electrons. The van der Waals surface area contributed by atoms with Crippen LogP contribution in [0.3, 0.4) is 0 Å². The number of nitrogens with one attached hydrogen (secondary N) is 1. The molecule has 1 N–H and O–H groups in total. The van der Waals surface area contributed by atoms with E-state index in [1.807, 2.05) is 0 Å². The second kappa shape index (κ2) is 4.74. The van der Waals surface area contributed by atoms with Crippen LogP contribution in [0.25, 0.3) is 0 Å². The largest absolute Gasteiger partial charge is 0.368 e. The van der Waals surface area contributed by atoms with Crippen molar-refractivity contribution >= 4 is 0 Å². The summed E-state index contributed by atoms with van der Waals surface area (Å²) >= 11 is 0. The molecule has 17 heavy (non-hydrogen) atoms. The molecular weight excluding hydrogens is 218 g/mol. The Morgan fingerprint density at radius 2 is 2.29 bits per heavy atom. The van der Waals surface area contributed by atoms with E-state index in [0.717, 1.165) is 19.0 Å². The summed E-state index contributed by atoms with van der Waals surface area (Å²) in [6.45, 7) is 4.72. The maximum Gasteiger partial charge on any atom is 0.229 e. The number of aromatic nitrogens is 2. The van der Waals surface area contributed by atoms with Gasteiger partial charge in [-0.1, -0.05) is 12.1 Å². The Kier molecular flexibility index (Phi) is 3.11. The quantitative estimate of drug-likeness (QED) is 0.859. The highest BCUT2D eigenvalue weighted by Gasteiger charge is 2.30. The lowest BCUT2D eigenvalue weighted by Crippen LogP contribution is -2.41. The highest BCUT2D eigenvalue weighted by Crippen LogP contribution is 2.38. The highest BCUT2D eigenvalue weighted by atomic mass is 16.5. The lowest BCUT2D eigenvalue weighted by atomic mass is 9.97. The summed E-state index contributed by atoms with van der Waals surface area (Å²) in [4.78, 5) is 4.36. The van der Waals surface area contributed by atoms with Crippen LogP contribution in [0, 0.1) is 5.92 Å². The Bertz CT molecular complexity index is 376. The molecule has 2 fully saturated rings. The molecule has 3 rings (SSSR count). The Morgan fingerprint density at radius 3 is 3.06 bits per heavy atom. The predicted molar refractivity (Wildman–Crippen MR) is 61.5 cm³/mol. The molecule has 0 amide bonds. The van der Waals surface area contributed by atoms with E-state index in [9.17, 15) is 0 Å². The van der Waals surface area contributed by atoms with Crippen molar-refractivity contribution in [2.24, 2.45) is 5.92 Å². The van der Waals surface area contributed by atoms with Crippen LogP contribution in [0.2, 0.25) is 0 Å². The fourth-order valence-electron chi connectivity index (χ4n) is 2.19. The minimum Gasteiger partial charge on any atom is -0.368 e. The average Bonchev–Trinajstić information content (AvgIpc) is 3.08. The highest BCUT2D eigenvalue weighted by molar-refractivity contribution is 5.01. The molecule has 1 aromatic heterocycles. The van der Waals surface area contributed by atoms with E-state index < -0.39 is 0 Å². The summed E-state index contributed by atoms with van der Waals surface area (Å²) in [6, 6.07) is 0. The van der Waals surface area contributed by atoms with Gasteiger partial charge in [-0.05, 0) is 31.7 Å². The van der Waals surface area contributed by atoms with E-state index in [-0.39, 0.29) is 6.10 Å².